The van der Waals surface area contributed by atoms with Gasteiger partial charge in [-0.1, -0.05) is 12.8 Å². The van der Waals surface area contributed by atoms with Crippen LogP contribution in [-0.2, 0) is 14.4 Å². The van der Waals surface area contributed by atoms with E-state index in [-0.39, 0.29) is 5.92 Å². The lowest BCUT2D eigenvalue weighted by molar-refractivity contribution is -0.149. The molecule has 7 nitrogen and oxygen atoms in total. The molecule has 2 unspecified atom stereocenters. The zero-order chi connectivity index (χ0) is 15.6. The number of imide groups is 2. The van der Waals surface area contributed by atoms with Gasteiger partial charge in [0.05, 0.1) is 0 Å². The van der Waals surface area contributed by atoms with Crippen LogP contribution in [0.25, 0.3) is 0 Å². The predicted molar refractivity (Wildman–Crippen MR) is 74.0 cm³/mol. The molecule has 116 valence electrons. The van der Waals surface area contributed by atoms with Crippen molar-refractivity contribution in [3.05, 3.63) is 0 Å². The Morgan fingerprint density at radius 2 is 1.95 bits per heavy atom. The van der Waals surface area contributed by atoms with E-state index in [2.05, 4.69) is 10.6 Å². The maximum absolute atomic E-state index is 12.5. The second-order valence-corrected chi connectivity index (χ2v) is 5.60. The molecule has 1 saturated carbocycles. The predicted octanol–water partition coefficient (Wildman–Crippen LogP) is 0.396. The van der Waals surface area contributed by atoms with Crippen molar-refractivity contribution in [3.8, 4) is 0 Å². The summed E-state index contributed by atoms with van der Waals surface area (Å²) in [6, 6.07) is -1.73. The Balaban J connectivity index is 2.20. The van der Waals surface area contributed by atoms with E-state index in [1.165, 1.54) is 6.92 Å². The van der Waals surface area contributed by atoms with E-state index >= 15 is 0 Å². The minimum absolute atomic E-state index is 0.0328. The number of carbonyl (C=O) groups excluding carboxylic acids is 4. The summed E-state index contributed by atoms with van der Waals surface area (Å²) in [5.41, 5.74) is 0. The van der Waals surface area contributed by atoms with Gasteiger partial charge in [-0.2, -0.15) is 0 Å². The van der Waals surface area contributed by atoms with Crippen molar-refractivity contribution < 1.29 is 19.2 Å². The quantitative estimate of drug-likeness (QED) is 0.734. The summed E-state index contributed by atoms with van der Waals surface area (Å²) in [6.45, 7) is 3.66. The molecule has 2 N–H and O–H groups in total. The lowest BCUT2D eigenvalue weighted by Crippen LogP contribution is -2.64. The Labute approximate surface area is 123 Å². The number of rotatable bonds is 4. The first kappa shape index (κ1) is 15.5. The molecule has 5 amide bonds. The first-order valence-electron chi connectivity index (χ1n) is 7.43. The van der Waals surface area contributed by atoms with Gasteiger partial charge in [0, 0.05) is 6.54 Å². The highest BCUT2D eigenvalue weighted by Gasteiger charge is 2.47. The minimum atomic E-state index is -0.922. The molecule has 0 aromatic heterocycles. The Hall–Kier alpha value is -1.92. The fourth-order valence-corrected chi connectivity index (χ4v) is 3.12. The number of hydrogen-bond donors (Lipinski definition) is 2. The van der Waals surface area contributed by atoms with Gasteiger partial charge in [-0.15, -0.1) is 0 Å². The molecule has 1 aliphatic carbocycles. The van der Waals surface area contributed by atoms with Crippen molar-refractivity contribution in [1.29, 1.82) is 0 Å². The second-order valence-electron chi connectivity index (χ2n) is 5.60. The van der Waals surface area contributed by atoms with Gasteiger partial charge in [0.25, 0.3) is 0 Å². The van der Waals surface area contributed by atoms with Gasteiger partial charge in [0.15, 0.2) is 0 Å². The van der Waals surface area contributed by atoms with E-state index in [0.29, 0.717) is 6.54 Å². The van der Waals surface area contributed by atoms with Gasteiger partial charge < -0.3 is 5.32 Å². The molecule has 1 heterocycles. The topological polar surface area (TPSA) is 95.6 Å². The number of amides is 5. The van der Waals surface area contributed by atoms with E-state index in [1.54, 1.807) is 6.92 Å². The third-order valence-electron chi connectivity index (χ3n) is 4.22. The van der Waals surface area contributed by atoms with Crippen molar-refractivity contribution in [2.24, 2.45) is 11.8 Å². The number of hydrogen-bond acceptors (Lipinski definition) is 4. The molecule has 0 spiro atoms. The summed E-state index contributed by atoms with van der Waals surface area (Å²) in [7, 11) is 0. The maximum Gasteiger partial charge on any atom is 0.331 e. The van der Waals surface area contributed by atoms with E-state index in [1.807, 2.05) is 0 Å². The Kier molecular flexibility index (Phi) is 4.59. The van der Waals surface area contributed by atoms with Crippen LogP contribution in [0.1, 0.15) is 39.5 Å². The number of nitrogens with one attached hydrogen (secondary N) is 2. The van der Waals surface area contributed by atoms with Crippen molar-refractivity contribution in [3.63, 3.8) is 0 Å². The van der Waals surface area contributed by atoms with Crippen molar-refractivity contribution in [1.82, 2.24) is 15.5 Å². The number of nitrogens with zero attached hydrogens (tertiary/aromatic N) is 1. The summed E-state index contributed by atoms with van der Waals surface area (Å²) < 4.78 is 0. The average molecular weight is 295 g/mol. The molecule has 7 heteroatoms. The Bertz CT molecular complexity index is 471. The van der Waals surface area contributed by atoms with Crippen LogP contribution in [0.3, 0.4) is 0 Å². The molecule has 1 aliphatic heterocycles. The van der Waals surface area contributed by atoms with Crippen molar-refractivity contribution in [2.75, 3.05) is 6.54 Å². The summed E-state index contributed by atoms with van der Waals surface area (Å²) in [4.78, 5) is 49.2. The normalized spacial score (nSPS) is 25.0. The summed E-state index contributed by atoms with van der Waals surface area (Å²) in [5, 5.41) is 4.79. The van der Waals surface area contributed by atoms with Crippen LogP contribution in [0.5, 0.6) is 0 Å². The van der Waals surface area contributed by atoms with Crippen LogP contribution in [0.4, 0.5) is 4.79 Å². The summed E-state index contributed by atoms with van der Waals surface area (Å²) in [6.07, 6.45) is 3.59. The zero-order valence-electron chi connectivity index (χ0n) is 12.3. The van der Waals surface area contributed by atoms with Crippen LogP contribution in [0, 0.1) is 11.8 Å². The van der Waals surface area contributed by atoms with Crippen molar-refractivity contribution >= 4 is 23.8 Å². The highest BCUT2D eigenvalue weighted by molar-refractivity contribution is 6.17. The second kappa shape index (κ2) is 6.24. The standard InChI is InChI=1S/C14H21N3O4/c1-3-15-11(18)8(2)17-13(20)10(9-6-4-5-7-9)12(19)16-14(17)21/h8-10H,3-7H2,1-2H3,(H,15,18)(H,16,19,21). The van der Waals surface area contributed by atoms with Crippen LogP contribution < -0.4 is 10.6 Å². The van der Waals surface area contributed by atoms with Crippen LogP contribution in [-0.4, -0.2) is 41.2 Å². The molecule has 2 fully saturated rings. The first-order chi connectivity index (χ1) is 9.97. The van der Waals surface area contributed by atoms with Crippen LogP contribution in [0.2, 0.25) is 0 Å². The van der Waals surface area contributed by atoms with E-state index < -0.39 is 35.7 Å². The molecule has 21 heavy (non-hydrogen) atoms. The number of carbonyl (C=O) groups is 4. The van der Waals surface area contributed by atoms with Gasteiger partial charge in [-0.05, 0) is 32.6 Å². The molecule has 0 radical (unpaired) electrons. The highest BCUT2D eigenvalue weighted by atomic mass is 16.2. The molecule has 2 rings (SSSR count). The van der Waals surface area contributed by atoms with Crippen LogP contribution >= 0.6 is 0 Å². The smallest absolute Gasteiger partial charge is 0.331 e. The number of barbiturate groups is 1. The fourth-order valence-electron chi connectivity index (χ4n) is 3.12. The summed E-state index contributed by atoms with van der Waals surface area (Å²) in [5.74, 6) is -2.36. The SMILES string of the molecule is CCNC(=O)C(C)N1C(=O)NC(=O)C(C2CCCC2)C1=O. The first-order valence-corrected chi connectivity index (χ1v) is 7.43. The third kappa shape index (κ3) is 2.91. The third-order valence-corrected chi connectivity index (χ3v) is 4.22. The monoisotopic (exact) mass is 295 g/mol. The van der Waals surface area contributed by atoms with E-state index in [0.717, 1.165) is 30.6 Å². The number of likely N-dealkylation sites (N-methyl/N-ethyl adjacent to an activating group) is 1. The fraction of sp³-hybridized carbons (Fsp3) is 0.714. The highest BCUT2D eigenvalue weighted by Crippen LogP contribution is 2.34. The summed E-state index contributed by atoms with van der Waals surface area (Å²) >= 11 is 0. The Morgan fingerprint density at radius 3 is 2.52 bits per heavy atom. The molecular weight excluding hydrogens is 274 g/mol. The maximum atomic E-state index is 12.5. The van der Waals surface area contributed by atoms with Gasteiger partial charge >= 0.3 is 6.03 Å². The van der Waals surface area contributed by atoms with E-state index in [4.69, 9.17) is 0 Å². The molecule has 0 aromatic carbocycles. The molecule has 1 saturated heterocycles. The molecule has 0 aromatic rings. The van der Waals surface area contributed by atoms with Gasteiger partial charge in [-0.3, -0.25) is 24.6 Å². The largest absolute Gasteiger partial charge is 0.355 e. The lowest BCUT2D eigenvalue weighted by Gasteiger charge is -2.35. The van der Waals surface area contributed by atoms with Crippen molar-refractivity contribution in [2.45, 2.75) is 45.6 Å². The van der Waals surface area contributed by atoms with E-state index in [9.17, 15) is 19.2 Å². The molecule has 2 aliphatic rings. The lowest BCUT2D eigenvalue weighted by atomic mass is 9.87. The molecule has 0 bridgehead atoms. The van der Waals surface area contributed by atoms with Gasteiger partial charge in [0.2, 0.25) is 17.7 Å². The molecule has 2 atom stereocenters. The van der Waals surface area contributed by atoms with Crippen LogP contribution in [0.15, 0.2) is 0 Å². The van der Waals surface area contributed by atoms with Gasteiger partial charge in [-0.25, -0.2) is 4.79 Å². The minimum Gasteiger partial charge on any atom is -0.355 e. The Morgan fingerprint density at radius 1 is 1.33 bits per heavy atom. The molecular formula is C14H21N3O4. The average Bonchev–Trinajstić information content (AvgIpc) is 2.92. The zero-order valence-corrected chi connectivity index (χ0v) is 12.3. The van der Waals surface area contributed by atoms with Gasteiger partial charge in [0.1, 0.15) is 12.0 Å². The number of urea groups is 1.